The zero-order valence-corrected chi connectivity index (χ0v) is 14.6. The maximum absolute atomic E-state index is 14.2. The predicted molar refractivity (Wildman–Crippen MR) is 91.3 cm³/mol. The Hall–Kier alpha value is -1.46. The van der Waals surface area contributed by atoms with Crippen LogP contribution in [0.4, 0.5) is 4.39 Å². The van der Waals surface area contributed by atoms with E-state index in [-0.39, 0.29) is 18.3 Å². The minimum atomic E-state index is -0.287. The Bertz CT molecular complexity index is 717. The highest BCUT2D eigenvalue weighted by atomic mass is 32.1. The summed E-state index contributed by atoms with van der Waals surface area (Å²) in [5.74, 6) is 0.723. The average molecular weight is 335 g/mol. The van der Waals surface area contributed by atoms with E-state index in [1.165, 1.54) is 17.4 Å². The fourth-order valence-electron chi connectivity index (χ4n) is 3.59. The highest BCUT2D eigenvalue weighted by Gasteiger charge is 2.29. The van der Waals surface area contributed by atoms with Gasteiger partial charge in [0.15, 0.2) is 0 Å². The summed E-state index contributed by atoms with van der Waals surface area (Å²) >= 11 is 1.37. The quantitative estimate of drug-likeness (QED) is 0.837. The topological polar surface area (TPSA) is 29.5 Å². The molecule has 0 radical (unpaired) electrons. The summed E-state index contributed by atoms with van der Waals surface area (Å²) in [7, 11) is 1.57. The molecule has 1 aliphatic rings. The van der Waals surface area contributed by atoms with Crippen molar-refractivity contribution < 1.29 is 13.9 Å². The number of rotatable bonds is 3. The second-order valence-corrected chi connectivity index (χ2v) is 7.66. The summed E-state index contributed by atoms with van der Waals surface area (Å²) in [5, 5.41) is 0.529. The van der Waals surface area contributed by atoms with Gasteiger partial charge in [-0.25, -0.2) is 4.39 Å². The maximum atomic E-state index is 14.2. The molecule has 1 amide bonds. The predicted octanol–water partition coefficient (Wildman–Crippen LogP) is 4.30. The third kappa shape index (κ3) is 3.12. The van der Waals surface area contributed by atoms with Crippen LogP contribution in [0.2, 0.25) is 0 Å². The van der Waals surface area contributed by atoms with Crippen molar-refractivity contribution in [3.8, 4) is 0 Å². The van der Waals surface area contributed by atoms with Crippen LogP contribution < -0.4 is 0 Å². The number of amides is 1. The van der Waals surface area contributed by atoms with Crippen LogP contribution in [0.3, 0.4) is 0 Å². The SMILES string of the molecule is COCc1c(C(=O)N2CC(C)CC(C)C2)sc2cccc(F)c12. The number of carbonyl (C=O) groups excluding carboxylic acids is 1. The first-order valence-electron chi connectivity index (χ1n) is 7.99. The molecule has 0 bridgehead atoms. The van der Waals surface area contributed by atoms with Gasteiger partial charge in [-0.1, -0.05) is 19.9 Å². The van der Waals surface area contributed by atoms with Gasteiger partial charge in [0.05, 0.1) is 11.5 Å². The lowest BCUT2D eigenvalue weighted by molar-refractivity contribution is 0.0624. The van der Waals surface area contributed by atoms with Gasteiger partial charge in [-0.2, -0.15) is 0 Å². The van der Waals surface area contributed by atoms with Gasteiger partial charge in [0.1, 0.15) is 5.82 Å². The summed E-state index contributed by atoms with van der Waals surface area (Å²) in [4.78, 5) is 15.6. The van der Waals surface area contributed by atoms with E-state index in [4.69, 9.17) is 4.74 Å². The number of likely N-dealkylation sites (tertiary alicyclic amines) is 1. The standard InChI is InChI=1S/C18H22FNO2S/c1-11-7-12(2)9-20(8-11)18(21)17-13(10-22-3)16-14(19)5-4-6-15(16)23-17/h4-6,11-12H,7-10H2,1-3H3. The first-order chi connectivity index (χ1) is 11.0. The molecule has 0 N–H and O–H groups in total. The van der Waals surface area contributed by atoms with Crippen molar-refractivity contribution >= 4 is 27.3 Å². The van der Waals surface area contributed by atoms with Crippen LogP contribution in [0.25, 0.3) is 10.1 Å². The summed E-state index contributed by atoms with van der Waals surface area (Å²) in [5.41, 5.74) is 0.682. The highest BCUT2D eigenvalue weighted by Crippen LogP contribution is 2.35. The zero-order chi connectivity index (χ0) is 16.6. The molecule has 3 rings (SSSR count). The zero-order valence-electron chi connectivity index (χ0n) is 13.8. The molecule has 1 aromatic heterocycles. The Morgan fingerprint density at radius 1 is 1.35 bits per heavy atom. The van der Waals surface area contributed by atoms with E-state index in [2.05, 4.69) is 13.8 Å². The van der Waals surface area contributed by atoms with E-state index in [0.29, 0.717) is 27.7 Å². The molecule has 23 heavy (non-hydrogen) atoms. The largest absolute Gasteiger partial charge is 0.380 e. The molecular formula is C18H22FNO2S. The van der Waals surface area contributed by atoms with E-state index >= 15 is 0 Å². The molecule has 0 aliphatic carbocycles. The number of piperidine rings is 1. The van der Waals surface area contributed by atoms with E-state index in [0.717, 1.165) is 24.2 Å². The molecule has 0 spiro atoms. The number of carbonyl (C=O) groups is 1. The minimum absolute atomic E-state index is 0.0102. The first kappa shape index (κ1) is 16.4. The van der Waals surface area contributed by atoms with Gasteiger partial charge >= 0.3 is 0 Å². The lowest BCUT2D eigenvalue weighted by Gasteiger charge is -2.35. The van der Waals surface area contributed by atoms with Crippen LogP contribution in [-0.4, -0.2) is 31.0 Å². The fourth-order valence-corrected chi connectivity index (χ4v) is 4.78. The molecule has 1 aromatic carbocycles. The number of benzene rings is 1. The Morgan fingerprint density at radius 3 is 2.70 bits per heavy atom. The molecule has 124 valence electrons. The Balaban J connectivity index is 2.03. The minimum Gasteiger partial charge on any atom is -0.380 e. The van der Waals surface area contributed by atoms with Crippen LogP contribution in [0.15, 0.2) is 18.2 Å². The molecule has 3 nitrogen and oxygen atoms in total. The number of methoxy groups -OCH3 is 1. The second-order valence-electron chi connectivity index (χ2n) is 6.61. The number of ether oxygens (including phenoxy) is 1. The van der Waals surface area contributed by atoms with Crippen LogP contribution in [-0.2, 0) is 11.3 Å². The van der Waals surface area contributed by atoms with Gasteiger partial charge in [-0.05, 0) is 30.4 Å². The van der Waals surface area contributed by atoms with Crippen molar-refractivity contribution in [3.63, 3.8) is 0 Å². The lowest BCUT2D eigenvalue weighted by Crippen LogP contribution is -2.42. The summed E-state index contributed by atoms with van der Waals surface area (Å²) in [6.45, 7) is 6.15. The number of hydrogen-bond acceptors (Lipinski definition) is 3. The van der Waals surface area contributed by atoms with Crippen LogP contribution in [0, 0.1) is 17.7 Å². The van der Waals surface area contributed by atoms with Gasteiger partial charge in [0, 0.05) is 35.8 Å². The van der Waals surface area contributed by atoms with E-state index in [1.807, 2.05) is 11.0 Å². The van der Waals surface area contributed by atoms with E-state index < -0.39 is 0 Å². The van der Waals surface area contributed by atoms with Crippen molar-refractivity contribution in [2.45, 2.75) is 26.9 Å². The van der Waals surface area contributed by atoms with E-state index in [9.17, 15) is 9.18 Å². The molecule has 1 fully saturated rings. The molecule has 1 aliphatic heterocycles. The molecule has 1 saturated heterocycles. The average Bonchev–Trinajstić information content (AvgIpc) is 2.86. The lowest BCUT2D eigenvalue weighted by atomic mass is 9.91. The van der Waals surface area contributed by atoms with Crippen molar-refractivity contribution in [2.24, 2.45) is 11.8 Å². The summed E-state index contributed by atoms with van der Waals surface area (Å²) in [6.07, 6.45) is 1.15. The van der Waals surface area contributed by atoms with Crippen molar-refractivity contribution in [1.82, 2.24) is 4.90 Å². The maximum Gasteiger partial charge on any atom is 0.264 e. The molecule has 0 saturated carbocycles. The fraction of sp³-hybridized carbons (Fsp3) is 0.500. The molecule has 2 aromatic rings. The second kappa shape index (κ2) is 6.57. The molecule has 2 unspecified atom stereocenters. The van der Waals surface area contributed by atoms with Gasteiger partial charge in [-0.15, -0.1) is 11.3 Å². The normalized spacial score (nSPS) is 21.8. The van der Waals surface area contributed by atoms with Crippen LogP contribution in [0.5, 0.6) is 0 Å². The Labute approximate surface area is 140 Å². The van der Waals surface area contributed by atoms with Crippen LogP contribution >= 0.6 is 11.3 Å². The smallest absolute Gasteiger partial charge is 0.264 e. The number of hydrogen-bond donors (Lipinski definition) is 0. The van der Waals surface area contributed by atoms with Gasteiger partial charge in [0.25, 0.3) is 5.91 Å². The van der Waals surface area contributed by atoms with Crippen molar-refractivity contribution in [2.75, 3.05) is 20.2 Å². The Morgan fingerprint density at radius 2 is 2.04 bits per heavy atom. The van der Waals surface area contributed by atoms with Crippen molar-refractivity contribution in [3.05, 3.63) is 34.5 Å². The van der Waals surface area contributed by atoms with E-state index in [1.54, 1.807) is 13.2 Å². The molecular weight excluding hydrogens is 313 g/mol. The number of fused-ring (bicyclic) bond motifs is 1. The van der Waals surface area contributed by atoms with Gasteiger partial charge in [-0.3, -0.25) is 4.79 Å². The number of nitrogens with zero attached hydrogens (tertiary/aromatic N) is 1. The number of halogens is 1. The first-order valence-corrected chi connectivity index (χ1v) is 8.81. The van der Waals surface area contributed by atoms with Gasteiger partial charge in [0.2, 0.25) is 0 Å². The highest BCUT2D eigenvalue weighted by molar-refractivity contribution is 7.21. The monoisotopic (exact) mass is 335 g/mol. The summed E-state index contributed by atoms with van der Waals surface area (Å²) in [6, 6.07) is 4.98. The number of thiophene rings is 1. The summed E-state index contributed by atoms with van der Waals surface area (Å²) < 4.78 is 20.3. The third-order valence-electron chi connectivity index (χ3n) is 4.40. The Kier molecular flexibility index (Phi) is 4.69. The van der Waals surface area contributed by atoms with Crippen LogP contribution in [0.1, 0.15) is 35.5 Å². The molecule has 2 atom stereocenters. The third-order valence-corrected chi connectivity index (χ3v) is 5.59. The molecule has 2 heterocycles. The van der Waals surface area contributed by atoms with Gasteiger partial charge < -0.3 is 9.64 Å². The molecule has 5 heteroatoms. The van der Waals surface area contributed by atoms with Crippen molar-refractivity contribution in [1.29, 1.82) is 0 Å².